The number of carbonyl (C=O) groups is 2. The number of nitrogens with zero attached hydrogens (tertiary/aromatic N) is 1. The van der Waals surface area contributed by atoms with Crippen LogP contribution in [0.5, 0.6) is 0 Å². The van der Waals surface area contributed by atoms with Gasteiger partial charge in [0.05, 0.1) is 5.92 Å². The van der Waals surface area contributed by atoms with Crippen LogP contribution in [0.15, 0.2) is 0 Å². The summed E-state index contributed by atoms with van der Waals surface area (Å²) in [6, 6.07) is -0.707. The van der Waals surface area contributed by atoms with Gasteiger partial charge in [-0.2, -0.15) is 13.2 Å². The Balaban J connectivity index is 1.78. The molecule has 8 heteroatoms. The van der Waals surface area contributed by atoms with E-state index in [0.29, 0.717) is 45.2 Å². The molecule has 1 aliphatic carbocycles. The van der Waals surface area contributed by atoms with Gasteiger partial charge in [-0.1, -0.05) is 6.42 Å². The summed E-state index contributed by atoms with van der Waals surface area (Å²) in [5.74, 6) is -1.46. The maximum absolute atomic E-state index is 12.8. The summed E-state index contributed by atoms with van der Waals surface area (Å²) in [5.41, 5.74) is 5.17. The van der Waals surface area contributed by atoms with Crippen molar-refractivity contribution < 1.29 is 22.8 Å². The van der Waals surface area contributed by atoms with E-state index < -0.39 is 18.1 Å². The molecule has 2 rings (SSSR count). The molecule has 23 heavy (non-hydrogen) atoms. The molecule has 0 spiro atoms. The zero-order chi connectivity index (χ0) is 17.0. The van der Waals surface area contributed by atoms with Crippen molar-refractivity contribution in [2.24, 2.45) is 17.6 Å². The van der Waals surface area contributed by atoms with E-state index in [0.717, 1.165) is 0 Å². The molecule has 5 nitrogen and oxygen atoms in total. The maximum atomic E-state index is 12.8. The molecule has 0 aromatic carbocycles. The highest BCUT2D eigenvalue weighted by Gasteiger charge is 2.42. The SMILES string of the molecule is NC(=O)CC1CCN(C(=O)N[C@H]2CCC[C@H](C(F)(F)F)C2)CC1. The number of halogens is 3. The second-order valence-electron chi connectivity index (χ2n) is 6.65. The molecule has 3 amide bonds. The first-order valence-corrected chi connectivity index (χ1v) is 8.16. The summed E-state index contributed by atoms with van der Waals surface area (Å²) >= 11 is 0. The van der Waals surface area contributed by atoms with Crippen molar-refractivity contribution in [2.75, 3.05) is 13.1 Å². The molecule has 1 saturated heterocycles. The smallest absolute Gasteiger partial charge is 0.370 e. The minimum absolute atomic E-state index is 0.0343. The van der Waals surface area contributed by atoms with Crippen LogP contribution in [-0.2, 0) is 4.79 Å². The Morgan fingerprint density at radius 2 is 1.78 bits per heavy atom. The molecule has 3 N–H and O–H groups in total. The molecule has 0 aromatic heterocycles. The van der Waals surface area contributed by atoms with Crippen molar-refractivity contribution in [1.29, 1.82) is 0 Å². The van der Waals surface area contributed by atoms with E-state index in [2.05, 4.69) is 5.32 Å². The highest BCUT2D eigenvalue weighted by molar-refractivity contribution is 5.75. The minimum Gasteiger partial charge on any atom is -0.370 e. The summed E-state index contributed by atoms with van der Waals surface area (Å²) in [6.07, 6.45) is -1.27. The minimum atomic E-state index is -4.18. The number of alkyl halides is 3. The normalized spacial score (nSPS) is 26.8. The predicted molar refractivity (Wildman–Crippen MR) is 78.4 cm³/mol. The summed E-state index contributed by atoms with van der Waals surface area (Å²) in [7, 11) is 0. The van der Waals surface area contributed by atoms with Crippen molar-refractivity contribution in [3.05, 3.63) is 0 Å². The average Bonchev–Trinajstić information content (AvgIpc) is 2.46. The Kier molecular flexibility index (Phi) is 5.75. The van der Waals surface area contributed by atoms with Gasteiger partial charge in [-0.25, -0.2) is 4.79 Å². The van der Waals surface area contributed by atoms with Gasteiger partial charge in [0.15, 0.2) is 0 Å². The number of hydrogen-bond donors (Lipinski definition) is 2. The lowest BCUT2D eigenvalue weighted by atomic mass is 9.85. The van der Waals surface area contributed by atoms with Gasteiger partial charge in [-0.05, 0) is 38.0 Å². The van der Waals surface area contributed by atoms with Gasteiger partial charge in [-0.15, -0.1) is 0 Å². The van der Waals surface area contributed by atoms with Crippen molar-refractivity contribution in [2.45, 2.75) is 57.2 Å². The standard InChI is InChI=1S/C15H24F3N3O2/c16-15(17,18)11-2-1-3-12(9-11)20-14(23)21-6-4-10(5-7-21)8-13(19)22/h10-12H,1-9H2,(H2,19,22)(H,20,23)/t11-,12-/m0/s1. The number of piperidine rings is 1. The molecule has 0 unspecified atom stereocenters. The Morgan fingerprint density at radius 3 is 2.35 bits per heavy atom. The van der Waals surface area contributed by atoms with E-state index in [1.165, 1.54) is 0 Å². The van der Waals surface area contributed by atoms with E-state index in [4.69, 9.17) is 5.73 Å². The largest absolute Gasteiger partial charge is 0.391 e. The van der Waals surface area contributed by atoms with Crippen molar-refractivity contribution >= 4 is 11.9 Å². The Hall–Kier alpha value is -1.47. The first-order valence-electron chi connectivity index (χ1n) is 8.16. The van der Waals surface area contributed by atoms with E-state index in [1.807, 2.05) is 0 Å². The molecular formula is C15H24F3N3O2. The van der Waals surface area contributed by atoms with Gasteiger partial charge < -0.3 is 16.0 Å². The Bertz CT molecular complexity index is 434. The Labute approximate surface area is 133 Å². The van der Waals surface area contributed by atoms with Crippen molar-refractivity contribution in [3.8, 4) is 0 Å². The lowest BCUT2D eigenvalue weighted by Gasteiger charge is -2.35. The number of carbonyl (C=O) groups excluding carboxylic acids is 2. The topological polar surface area (TPSA) is 75.4 Å². The van der Waals surface area contributed by atoms with Crippen LogP contribution in [-0.4, -0.2) is 42.1 Å². The molecule has 2 aliphatic rings. The number of nitrogens with one attached hydrogen (secondary N) is 1. The second-order valence-corrected chi connectivity index (χ2v) is 6.65. The number of rotatable bonds is 3. The summed E-state index contributed by atoms with van der Waals surface area (Å²) in [4.78, 5) is 24.7. The summed E-state index contributed by atoms with van der Waals surface area (Å²) < 4.78 is 38.4. The van der Waals surface area contributed by atoms with Crippen LogP contribution in [0.2, 0.25) is 0 Å². The van der Waals surface area contributed by atoms with Gasteiger partial charge in [-0.3, -0.25) is 4.79 Å². The van der Waals surface area contributed by atoms with E-state index >= 15 is 0 Å². The van der Waals surface area contributed by atoms with Crippen LogP contribution in [0.3, 0.4) is 0 Å². The van der Waals surface area contributed by atoms with Crippen LogP contribution in [0, 0.1) is 11.8 Å². The molecule has 2 atom stereocenters. The third-order valence-corrected chi connectivity index (χ3v) is 4.86. The average molecular weight is 335 g/mol. The van der Waals surface area contributed by atoms with Crippen LogP contribution in [0.4, 0.5) is 18.0 Å². The van der Waals surface area contributed by atoms with E-state index in [-0.39, 0.29) is 30.7 Å². The number of likely N-dealkylation sites (tertiary alicyclic amines) is 1. The quantitative estimate of drug-likeness (QED) is 0.831. The third-order valence-electron chi connectivity index (χ3n) is 4.86. The molecule has 0 radical (unpaired) electrons. The van der Waals surface area contributed by atoms with Crippen molar-refractivity contribution in [1.82, 2.24) is 10.2 Å². The number of amides is 3. The number of hydrogen-bond acceptors (Lipinski definition) is 2. The zero-order valence-electron chi connectivity index (χ0n) is 13.1. The first kappa shape index (κ1) is 17.9. The highest BCUT2D eigenvalue weighted by Crippen LogP contribution is 2.37. The van der Waals surface area contributed by atoms with Crippen LogP contribution < -0.4 is 11.1 Å². The first-order chi connectivity index (χ1) is 10.8. The molecule has 2 fully saturated rings. The fraction of sp³-hybridized carbons (Fsp3) is 0.867. The van der Waals surface area contributed by atoms with Gasteiger partial charge >= 0.3 is 12.2 Å². The molecule has 1 saturated carbocycles. The second kappa shape index (κ2) is 7.40. The molecule has 1 aliphatic heterocycles. The maximum Gasteiger partial charge on any atom is 0.391 e. The molecule has 1 heterocycles. The lowest BCUT2D eigenvalue weighted by molar-refractivity contribution is -0.183. The van der Waals surface area contributed by atoms with Gasteiger partial charge in [0.1, 0.15) is 0 Å². The third kappa shape index (κ3) is 5.28. The zero-order valence-corrected chi connectivity index (χ0v) is 13.1. The van der Waals surface area contributed by atoms with Crippen molar-refractivity contribution in [3.63, 3.8) is 0 Å². The predicted octanol–water partition coefficient (Wildman–Crippen LogP) is 2.40. The van der Waals surface area contributed by atoms with Crippen LogP contribution >= 0.6 is 0 Å². The lowest BCUT2D eigenvalue weighted by Crippen LogP contribution is -2.49. The molecular weight excluding hydrogens is 311 g/mol. The molecule has 0 aromatic rings. The number of urea groups is 1. The van der Waals surface area contributed by atoms with Gasteiger partial charge in [0.2, 0.25) is 5.91 Å². The van der Waals surface area contributed by atoms with Crippen LogP contribution in [0.1, 0.15) is 44.9 Å². The van der Waals surface area contributed by atoms with Gasteiger partial charge in [0, 0.05) is 25.6 Å². The number of nitrogens with two attached hydrogens (primary N) is 1. The Morgan fingerprint density at radius 1 is 1.13 bits per heavy atom. The molecule has 132 valence electrons. The van der Waals surface area contributed by atoms with E-state index in [1.54, 1.807) is 4.90 Å². The summed E-state index contributed by atoms with van der Waals surface area (Å²) in [5, 5.41) is 2.74. The molecule has 0 bridgehead atoms. The highest BCUT2D eigenvalue weighted by atomic mass is 19.4. The monoisotopic (exact) mass is 335 g/mol. The van der Waals surface area contributed by atoms with E-state index in [9.17, 15) is 22.8 Å². The van der Waals surface area contributed by atoms with Crippen LogP contribution in [0.25, 0.3) is 0 Å². The fourth-order valence-corrected chi connectivity index (χ4v) is 3.51. The summed E-state index contributed by atoms with van der Waals surface area (Å²) in [6.45, 7) is 1.03. The van der Waals surface area contributed by atoms with Gasteiger partial charge in [0.25, 0.3) is 0 Å². The fourth-order valence-electron chi connectivity index (χ4n) is 3.51. The number of primary amides is 1.